The molecule has 0 bridgehead atoms. The van der Waals surface area contributed by atoms with Crippen LogP contribution in [0.25, 0.3) is 0 Å². The van der Waals surface area contributed by atoms with Crippen molar-refractivity contribution in [2.75, 3.05) is 0 Å². The quantitative estimate of drug-likeness (QED) is 0.0894. The first-order chi connectivity index (χ1) is 16.1. The molecule has 0 N–H and O–H groups in total. The van der Waals surface area contributed by atoms with E-state index in [9.17, 15) is 9.59 Å². The lowest BCUT2D eigenvalue weighted by Gasteiger charge is -2.11. The largest absolute Gasteiger partial charge is 0.303 e. The van der Waals surface area contributed by atoms with Crippen LogP contribution in [0.5, 0.6) is 0 Å². The Labute approximate surface area is 208 Å². The molecule has 2 atom stereocenters. The van der Waals surface area contributed by atoms with Gasteiger partial charge in [0.05, 0.1) is 0 Å². The highest BCUT2D eigenvalue weighted by atomic mass is 16.1. The lowest BCUT2D eigenvalue weighted by atomic mass is 9.95. The summed E-state index contributed by atoms with van der Waals surface area (Å²) in [4.78, 5) is 21.5. The van der Waals surface area contributed by atoms with Gasteiger partial charge in [-0.15, -0.1) is 0 Å². The smallest absolute Gasteiger partial charge is 0.132 e. The molecule has 0 aromatic rings. The summed E-state index contributed by atoms with van der Waals surface area (Å²) in [6.07, 6.45) is 33.1. The van der Waals surface area contributed by atoms with Crippen molar-refractivity contribution in [2.45, 2.75) is 175 Å². The van der Waals surface area contributed by atoms with Crippen molar-refractivity contribution in [3.05, 3.63) is 0 Å². The predicted octanol–water partition coefficient (Wildman–Crippen LogP) is 10.4. The van der Waals surface area contributed by atoms with E-state index in [1.807, 2.05) is 0 Å². The van der Waals surface area contributed by atoms with Gasteiger partial charge in [0.25, 0.3) is 0 Å². The molecule has 0 aromatic heterocycles. The Morgan fingerprint density at radius 1 is 0.515 bits per heavy atom. The Hall–Kier alpha value is -0.660. The van der Waals surface area contributed by atoms with E-state index in [4.69, 9.17) is 0 Å². The zero-order valence-electron chi connectivity index (χ0n) is 23.0. The van der Waals surface area contributed by atoms with E-state index < -0.39 is 0 Å². The van der Waals surface area contributed by atoms with Gasteiger partial charge in [-0.3, -0.25) is 4.79 Å². The first-order valence-corrected chi connectivity index (χ1v) is 15.0. The second kappa shape index (κ2) is 26.0. The summed E-state index contributed by atoms with van der Waals surface area (Å²) >= 11 is 0. The summed E-state index contributed by atoms with van der Waals surface area (Å²) in [5.41, 5.74) is 0. The molecule has 0 rings (SSSR count). The van der Waals surface area contributed by atoms with Gasteiger partial charge in [0.15, 0.2) is 0 Å². The molecule has 0 aliphatic heterocycles. The number of carbonyl (C=O) groups is 2. The maximum absolute atomic E-state index is 11.2. The third kappa shape index (κ3) is 25.8. The number of unbranched alkanes of at least 4 members (excludes halogenated alkanes) is 19. The van der Waals surface area contributed by atoms with E-state index in [1.54, 1.807) is 6.92 Å². The SMILES string of the molecule is CC(=O)C(C)CCCCCCCC(C)CCCCCCCCCCCCCCCCCC=O. The second-order valence-electron chi connectivity index (χ2n) is 11.0. The van der Waals surface area contributed by atoms with Crippen molar-refractivity contribution in [1.29, 1.82) is 0 Å². The maximum atomic E-state index is 11.2. The van der Waals surface area contributed by atoms with Gasteiger partial charge in [-0.2, -0.15) is 0 Å². The Kier molecular flexibility index (Phi) is 25.4. The summed E-state index contributed by atoms with van der Waals surface area (Å²) < 4.78 is 0. The number of rotatable bonds is 27. The van der Waals surface area contributed by atoms with Gasteiger partial charge in [0.1, 0.15) is 12.1 Å². The molecule has 0 heterocycles. The summed E-state index contributed by atoms with van der Waals surface area (Å²) in [6.45, 7) is 6.23. The van der Waals surface area contributed by atoms with Crippen LogP contribution in [-0.4, -0.2) is 12.1 Å². The van der Waals surface area contributed by atoms with Gasteiger partial charge in [-0.1, -0.05) is 149 Å². The monoisotopic (exact) mass is 464 g/mol. The molecule has 0 amide bonds. The molecule has 0 radical (unpaired) electrons. The van der Waals surface area contributed by atoms with Crippen molar-refractivity contribution in [1.82, 2.24) is 0 Å². The van der Waals surface area contributed by atoms with Crippen LogP contribution in [0, 0.1) is 11.8 Å². The minimum absolute atomic E-state index is 0.266. The molecule has 2 heteroatoms. The minimum Gasteiger partial charge on any atom is -0.303 e. The van der Waals surface area contributed by atoms with Crippen LogP contribution in [0.15, 0.2) is 0 Å². The average molecular weight is 465 g/mol. The Morgan fingerprint density at radius 3 is 1.15 bits per heavy atom. The molecular weight excluding hydrogens is 404 g/mol. The lowest BCUT2D eigenvalue weighted by Crippen LogP contribution is -2.05. The van der Waals surface area contributed by atoms with Gasteiger partial charge in [0, 0.05) is 12.3 Å². The number of Topliss-reactive ketones (excluding diaryl/α,β-unsaturated/α-hetero) is 1. The van der Waals surface area contributed by atoms with Crippen LogP contribution >= 0.6 is 0 Å². The number of hydrogen-bond acceptors (Lipinski definition) is 2. The number of aldehydes is 1. The zero-order chi connectivity index (χ0) is 24.4. The van der Waals surface area contributed by atoms with E-state index >= 15 is 0 Å². The van der Waals surface area contributed by atoms with Crippen molar-refractivity contribution >= 4 is 12.1 Å². The van der Waals surface area contributed by atoms with Crippen molar-refractivity contribution < 1.29 is 9.59 Å². The van der Waals surface area contributed by atoms with Crippen LogP contribution in [0.3, 0.4) is 0 Å². The Balaban J connectivity index is 3.19. The van der Waals surface area contributed by atoms with Crippen LogP contribution in [-0.2, 0) is 9.59 Å². The fourth-order valence-electron chi connectivity index (χ4n) is 4.84. The first-order valence-electron chi connectivity index (χ1n) is 15.0. The fourth-order valence-corrected chi connectivity index (χ4v) is 4.84. The van der Waals surface area contributed by atoms with Crippen molar-refractivity contribution in [3.63, 3.8) is 0 Å². The molecule has 2 unspecified atom stereocenters. The van der Waals surface area contributed by atoms with E-state index in [0.29, 0.717) is 5.78 Å². The molecule has 0 aromatic carbocycles. The fraction of sp³-hybridized carbons (Fsp3) is 0.935. The van der Waals surface area contributed by atoms with Gasteiger partial charge in [-0.05, 0) is 25.7 Å². The predicted molar refractivity (Wildman–Crippen MR) is 146 cm³/mol. The lowest BCUT2D eigenvalue weighted by molar-refractivity contribution is -0.120. The maximum Gasteiger partial charge on any atom is 0.132 e. The van der Waals surface area contributed by atoms with E-state index in [0.717, 1.165) is 31.5 Å². The van der Waals surface area contributed by atoms with Crippen LogP contribution in [0.1, 0.15) is 175 Å². The molecule has 0 saturated heterocycles. The van der Waals surface area contributed by atoms with Crippen molar-refractivity contribution in [3.8, 4) is 0 Å². The van der Waals surface area contributed by atoms with Gasteiger partial charge < -0.3 is 4.79 Å². The highest BCUT2D eigenvalue weighted by Gasteiger charge is 2.06. The molecule has 196 valence electrons. The second-order valence-corrected chi connectivity index (χ2v) is 11.0. The molecule has 0 aliphatic rings. The minimum atomic E-state index is 0.266. The first kappa shape index (κ1) is 32.3. The van der Waals surface area contributed by atoms with Gasteiger partial charge in [0.2, 0.25) is 0 Å². The molecule has 0 saturated carbocycles. The zero-order valence-corrected chi connectivity index (χ0v) is 23.0. The Bertz CT molecular complexity index is 417. The molecule has 0 spiro atoms. The topological polar surface area (TPSA) is 34.1 Å². The number of carbonyl (C=O) groups excluding carboxylic acids is 2. The van der Waals surface area contributed by atoms with E-state index in [2.05, 4.69) is 13.8 Å². The summed E-state index contributed by atoms with van der Waals surface area (Å²) in [7, 11) is 0. The molecular formula is C31H60O2. The third-order valence-corrected chi connectivity index (χ3v) is 7.55. The molecule has 0 aliphatic carbocycles. The normalized spacial score (nSPS) is 13.2. The molecule has 2 nitrogen and oxygen atoms in total. The highest BCUT2D eigenvalue weighted by molar-refractivity contribution is 5.77. The van der Waals surface area contributed by atoms with Crippen LogP contribution < -0.4 is 0 Å². The van der Waals surface area contributed by atoms with Gasteiger partial charge >= 0.3 is 0 Å². The number of hydrogen-bond donors (Lipinski definition) is 0. The Morgan fingerprint density at radius 2 is 0.818 bits per heavy atom. The number of ketones is 1. The van der Waals surface area contributed by atoms with Gasteiger partial charge in [-0.25, -0.2) is 0 Å². The molecule has 0 fully saturated rings. The van der Waals surface area contributed by atoms with Crippen LogP contribution in [0.2, 0.25) is 0 Å². The summed E-state index contributed by atoms with van der Waals surface area (Å²) in [6, 6.07) is 0. The van der Waals surface area contributed by atoms with E-state index in [1.165, 1.54) is 135 Å². The van der Waals surface area contributed by atoms with E-state index in [-0.39, 0.29) is 5.92 Å². The average Bonchev–Trinajstić information content (AvgIpc) is 2.80. The third-order valence-electron chi connectivity index (χ3n) is 7.55. The molecule has 33 heavy (non-hydrogen) atoms. The van der Waals surface area contributed by atoms with Crippen LogP contribution in [0.4, 0.5) is 0 Å². The summed E-state index contributed by atoms with van der Waals surface area (Å²) in [5.74, 6) is 1.52. The van der Waals surface area contributed by atoms with Crippen molar-refractivity contribution in [2.24, 2.45) is 11.8 Å². The summed E-state index contributed by atoms with van der Waals surface area (Å²) in [5, 5.41) is 0. The highest BCUT2D eigenvalue weighted by Crippen LogP contribution is 2.19. The standard InChI is InChI=1S/C31H60O2/c1-29(26-22-18-16-19-23-27-30(2)31(3)33)25-21-17-14-12-10-8-6-4-5-7-9-11-13-15-20-24-28-32/h28-30H,4-27H2,1-3H3.